The second-order valence-corrected chi connectivity index (χ2v) is 7.38. The molecule has 4 aromatic heterocycles. The molecule has 1 aromatic carbocycles. The Hall–Kier alpha value is -3.78. The molecule has 0 unspecified atom stereocenters. The predicted octanol–water partition coefficient (Wildman–Crippen LogP) is 3.51. The third kappa shape index (κ3) is 2.81. The number of thiophene rings is 1. The lowest BCUT2D eigenvalue weighted by Gasteiger charge is -2.13. The van der Waals surface area contributed by atoms with E-state index in [2.05, 4.69) is 15.0 Å². The molecule has 29 heavy (non-hydrogen) atoms. The molecule has 0 aliphatic rings. The number of para-hydroxylation sites is 1. The average molecular weight is 402 g/mol. The molecular weight excluding hydrogens is 388 g/mol. The van der Waals surface area contributed by atoms with Crippen LogP contribution in [0, 0.1) is 6.92 Å². The summed E-state index contributed by atoms with van der Waals surface area (Å²) in [5.41, 5.74) is 1.90. The van der Waals surface area contributed by atoms with Gasteiger partial charge in [-0.25, -0.2) is 14.8 Å². The van der Waals surface area contributed by atoms with E-state index in [1.54, 1.807) is 24.4 Å². The Labute approximate surface area is 168 Å². The van der Waals surface area contributed by atoms with E-state index in [1.165, 1.54) is 15.9 Å². The van der Waals surface area contributed by atoms with Crippen LogP contribution < -0.4 is 15.0 Å². The van der Waals surface area contributed by atoms with Crippen molar-refractivity contribution in [2.24, 2.45) is 0 Å². The van der Waals surface area contributed by atoms with Gasteiger partial charge in [-0.1, -0.05) is 18.2 Å². The van der Waals surface area contributed by atoms with Gasteiger partial charge in [0.2, 0.25) is 5.88 Å². The maximum absolute atomic E-state index is 12.9. The SMILES string of the molecule is Cc1nc(Oc2ccccc2)ccc1-n1c(=O)nc2c(=CO)sc3nccc1c32. The number of aryl methyl sites for hydroxylation is 1. The fourth-order valence-corrected chi connectivity index (χ4v) is 4.23. The summed E-state index contributed by atoms with van der Waals surface area (Å²) in [4.78, 5) is 26.6. The number of benzene rings is 1. The zero-order chi connectivity index (χ0) is 20.0. The minimum absolute atomic E-state index is 0.437. The maximum Gasteiger partial charge on any atom is 0.353 e. The molecule has 5 rings (SSSR count). The van der Waals surface area contributed by atoms with E-state index in [0.717, 1.165) is 11.6 Å². The van der Waals surface area contributed by atoms with Crippen LogP contribution in [0.25, 0.3) is 33.2 Å². The Morgan fingerprint density at radius 1 is 1.10 bits per heavy atom. The van der Waals surface area contributed by atoms with Crippen molar-refractivity contribution in [3.05, 3.63) is 75.4 Å². The molecule has 0 amide bonds. The number of pyridine rings is 2. The molecule has 5 aromatic rings. The summed E-state index contributed by atoms with van der Waals surface area (Å²) < 4.78 is 7.80. The average Bonchev–Trinajstić information content (AvgIpc) is 3.09. The van der Waals surface area contributed by atoms with Crippen LogP contribution in [0.3, 0.4) is 0 Å². The molecule has 1 N–H and O–H groups in total. The quantitative estimate of drug-likeness (QED) is 0.497. The number of rotatable bonds is 3. The van der Waals surface area contributed by atoms with Crippen LogP contribution in [0.4, 0.5) is 0 Å². The molecule has 4 heterocycles. The Morgan fingerprint density at radius 2 is 1.93 bits per heavy atom. The first-order chi connectivity index (χ1) is 14.2. The summed E-state index contributed by atoms with van der Waals surface area (Å²) >= 11 is 1.28. The van der Waals surface area contributed by atoms with Gasteiger partial charge in [0.1, 0.15) is 16.1 Å². The van der Waals surface area contributed by atoms with Crippen molar-refractivity contribution in [2.75, 3.05) is 0 Å². The summed E-state index contributed by atoms with van der Waals surface area (Å²) in [5.74, 6) is 1.12. The second kappa shape index (κ2) is 6.68. The highest BCUT2D eigenvalue weighted by atomic mass is 32.1. The van der Waals surface area contributed by atoms with E-state index >= 15 is 0 Å². The van der Waals surface area contributed by atoms with Crippen molar-refractivity contribution in [1.82, 2.24) is 19.5 Å². The van der Waals surface area contributed by atoms with E-state index in [9.17, 15) is 9.90 Å². The first kappa shape index (κ1) is 17.3. The van der Waals surface area contributed by atoms with Crippen LogP contribution in [0.2, 0.25) is 0 Å². The molecule has 0 saturated carbocycles. The van der Waals surface area contributed by atoms with Crippen LogP contribution in [0.5, 0.6) is 11.6 Å². The fourth-order valence-electron chi connectivity index (χ4n) is 3.31. The third-order valence-electron chi connectivity index (χ3n) is 4.57. The lowest BCUT2D eigenvalue weighted by atomic mass is 10.2. The van der Waals surface area contributed by atoms with E-state index in [0.29, 0.717) is 43.4 Å². The molecule has 0 spiro atoms. The normalized spacial score (nSPS) is 12.1. The van der Waals surface area contributed by atoms with Gasteiger partial charge < -0.3 is 9.84 Å². The molecule has 142 valence electrons. The standard InChI is InChI=1S/C21H14N4O3S/c1-12-14(7-8-17(23-12)28-13-5-3-2-4-6-13)25-15-9-10-22-20-18(15)19(24-21(25)27)16(11-26)29-20/h2-11,26H,1H3. The molecule has 0 bridgehead atoms. The Kier molecular flexibility index (Phi) is 3.99. The molecule has 0 saturated heterocycles. The van der Waals surface area contributed by atoms with Gasteiger partial charge in [-0.2, -0.15) is 4.98 Å². The number of nitrogens with zero attached hydrogens (tertiary/aromatic N) is 4. The number of aliphatic hydroxyl groups is 1. The first-order valence-electron chi connectivity index (χ1n) is 8.81. The maximum atomic E-state index is 12.9. The lowest BCUT2D eigenvalue weighted by molar-refractivity contribution is 0.461. The summed E-state index contributed by atoms with van der Waals surface area (Å²) in [7, 11) is 0. The van der Waals surface area contributed by atoms with Gasteiger partial charge in [-0.05, 0) is 31.2 Å². The van der Waals surface area contributed by atoms with Crippen molar-refractivity contribution in [1.29, 1.82) is 0 Å². The Balaban J connectivity index is 1.69. The smallest absolute Gasteiger partial charge is 0.353 e. The van der Waals surface area contributed by atoms with Crippen LogP contribution in [0.15, 0.2) is 59.5 Å². The molecule has 0 aliphatic carbocycles. The van der Waals surface area contributed by atoms with Crippen LogP contribution in [-0.4, -0.2) is 24.6 Å². The highest BCUT2D eigenvalue weighted by Crippen LogP contribution is 2.27. The lowest BCUT2D eigenvalue weighted by Crippen LogP contribution is -2.23. The monoisotopic (exact) mass is 402 g/mol. The Morgan fingerprint density at radius 3 is 2.69 bits per heavy atom. The number of hydrogen-bond donors (Lipinski definition) is 1. The topological polar surface area (TPSA) is 90.1 Å². The van der Waals surface area contributed by atoms with Crippen molar-refractivity contribution >= 4 is 38.8 Å². The zero-order valence-electron chi connectivity index (χ0n) is 15.2. The van der Waals surface area contributed by atoms with Crippen molar-refractivity contribution in [3.63, 3.8) is 0 Å². The Bertz CT molecular complexity index is 1480. The summed E-state index contributed by atoms with van der Waals surface area (Å²) in [6.07, 6.45) is 2.60. The molecular formula is C21H14N4O3S. The summed E-state index contributed by atoms with van der Waals surface area (Å²) in [5, 5.41) is 10.2. The van der Waals surface area contributed by atoms with Crippen LogP contribution in [-0.2, 0) is 0 Å². The molecule has 8 heteroatoms. The molecule has 0 fully saturated rings. The fraction of sp³-hybridized carbons (Fsp3) is 0.0476. The van der Waals surface area contributed by atoms with Crippen molar-refractivity contribution < 1.29 is 9.84 Å². The highest BCUT2D eigenvalue weighted by Gasteiger charge is 2.17. The van der Waals surface area contributed by atoms with Gasteiger partial charge in [-0.3, -0.25) is 4.57 Å². The minimum atomic E-state index is -0.451. The van der Waals surface area contributed by atoms with E-state index in [1.807, 2.05) is 37.3 Å². The van der Waals surface area contributed by atoms with Gasteiger partial charge in [0.15, 0.2) is 0 Å². The molecule has 0 aliphatic heterocycles. The largest absolute Gasteiger partial charge is 0.514 e. The van der Waals surface area contributed by atoms with Gasteiger partial charge in [-0.15, -0.1) is 11.3 Å². The van der Waals surface area contributed by atoms with Gasteiger partial charge in [0.05, 0.1) is 33.1 Å². The van der Waals surface area contributed by atoms with Gasteiger partial charge in [0.25, 0.3) is 0 Å². The number of hydrogen-bond acceptors (Lipinski definition) is 7. The van der Waals surface area contributed by atoms with Crippen molar-refractivity contribution in [2.45, 2.75) is 6.92 Å². The first-order valence-corrected chi connectivity index (χ1v) is 9.62. The van der Waals surface area contributed by atoms with Gasteiger partial charge in [0, 0.05) is 12.3 Å². The van der Waals surface area contributed by atoms with E-state index < -0.39 is 5.69 Å². The number of ether oxygens (including phenoxy) is 1. The number of aromatic nitrogens is 4. The molecule has 0 radical (unpaired) electrons. The van der Waals surface area contributed by atoms with Crippen LogP contribution in [0.1, 0.15) is 5.69 Å². The minimum Gasteiger partial charge on any atom is -0.514 e. The third-order valence-corrected chi connectivity index (χ3v) is 5.59. The van der Waals surface area contributed by atoms with Gasteiger partial charge >= 0.3 is 5.69 Å². The summed E-state index contributed by atoms with van der Waals surface area (Å²) in [6.45, 7) is 1.81. The van der Waals surface area contributed by atoms with E-state index in [4.69, 9.17) is 4.74 Å². The second-order valence-electron chi connectivity index (χ2n) is 6.35. The zero-order valence-corrected chi connectivity index (χ0v) is 16.1. The predicted molar refractivity (Wildman–Crippen MR) is 112 cm³/mol. The summed E-state index contributed by atoms with van der Waals surface area (Å²) in [6, 6.07) is 14.6. The number of aliphatic hydroxyl groups excluding tert-OH is 1. The molecule has 7 nitrogen and oxygen atoms in total. The van der Waals surface area contributed by atoms with E-state index in [-0.39, 0.29) is 0 Å². The highest BCUT2D eigenvalue weighted by molar-refractivity contribution is 7.17. The van der Waals surface area contributed by atoms with Crippen molar-refractivity contribution in [3.8, 4) is 17.3 Å². The van der Waals surface area contributed by atoms with Crippen LogP contribution >= 0.6 is 11.3 Å². The molecule has 0 atom stereocenters.